The first kappa shape index (κ1) is 10.9. The molecule has 1 aromatic rings. The Morgan fingerprint density at radius 2 is 2.50 bits per heavy atom. The third kappa shape index (κ3) is 2.66. The van der Waals surface area contributed by atoms with Gasteiger partial charge in [0.15, 0.2) is 0 Å². The van der Waals surface area contributed by atoms with E-state index < -0.39 is 11.9 Å². The molecular weight excluding hydrogens is 252 g/mol. The number of hydrogen-bond donors (Lipinski definition) is 1. The van der Waals surface area contributed by atoms with Gasteiger partial charge in [0.05, 0.1) is 5.92 Å². The Morgan fingerprint density at radius 1 is 1.86 bits per heavy atom. The number of hydrogen-bond acceptors (Lipinski definition) is 3. The average molecular weight is 261 g/mol. The monoisotopic (exact) mass is 260 g/mol. The van der Waals surface area contributed by atoms with Crippen LogP contribution in [-0.4, -0.2) is 16.1 Å². The van der Waals surface area contributed by atoms with Gasteiger partial charge in [-0.15, -0.1) is 0 Å². The van der Waals surface area contributed by atoms with Crippen molar-refractivity contribution in [1.29, 1.82) is 0 Å². The Hall–Kier alpha value is -1.17. The lowest BCUT2D eigenvalue weighted by Crippen LogP contribution is -2.29. The number of aliphatic carboxylic acids is 1. The van der Waals surface area contributed by atoms with E-state index in [0.29, 0.717) is 15.0 Å². The van der Waals surface area contributed by atoms with Crippen molar-refractivity contribution in [2.45, 2.75) is 13.3 Å². The van der Waals surface area contributed by atoms with Crippen molar-refractivity contribution in [3.05, 3.63) is 27.9 Å². The van der Waals surface area contributed by atoms with E-state index in [1.54, 1.807) is 6.92 Å². The van der Waals surface area contributed by atoms with Gasteiger partial charge in [0.25, 0.3) is 4.60 Å². The standard InChI is InChI=1S/C8H9BrN2O3/c1-5(8(12)13)2-6-4-11(14)7(9)3-10-6/h3-5H,2H2,1H3,(H,12,13). The third-order valence-corrected chi connectivity index (χ3v) is 2.30. The van der Waals surface area contributed by atoms with E-state index in [1.807, 2.05) is 0 Å². The van der Waals surface area contributed by atoms with Gasteiger partial charge in [-0.2, -0.15) is 4.73 Å². The quantitative estimate of drug-likeness (QED) is 0.643. The normalized spacial score (nSPS) is 12.4. The number of halogens is 1. The van der Waals surface area contributed by atoms with Crippen molar-refractivity contribution in [3.63, 3.8) is 0 Å². The van der Waals surface area contributed by atoms with Crippen molar-refractivity contribution in [2.24, 2.45) is 5.92 Å². The highest BCUT2D eigenvalue weighted by molar-refractivity contribution is 9.10. The van der Waals surface area contributed by atoms with Crippen molar-refractivity contribution in [2.75, 3.05) is 0 Å². The van der Waals surface area contributed by atoms with Crippen LogP contribution >= 0.6 is 15.9 Å². The van der Waals surface area contributed by atoms with Gasteiger partial charge in [-0.1, -0.05) is 6.92 Å². The molecule has 0 saturated heterocycles. The molecule has 14 heavy (non-hydrogen) atoms. The Labute approximate surface area is 89.1 Å². The fourth-order valence-electron chi connectivity index (χ4n) is 0.930. The lowest BCUT2D eigenvalue weighted by molar-refractivity contribution is -0.618. The molecule has 1 atom stereocenters. The van der Waals surface area contributed by atoms with Gasteiger partial charge in [0, 0.05) is 22.4 Å². The minimum atomic E-state index is -0.896. The van der Waals surface area contributed by atoms with E-state index in [0.717, 1.165) is 0 Å². The molecule has 0 fully saturated rings. The van der Waals surface area contributed by atoms with Gasteiger partial charge in [-0.3, -0.25) is 4.79 Å². The van der Waals surface area contributed by atoms with Crippen LogP contribution in [0.2, 0.25) is 0 Å². The summed E-state index contributed by atoms with van der Waals surface area (Å²) in [5.74, 6) is -1.43. The van der Waals surface area contributed by atoms with Crippen molar-refractivity contribution < 1.29 is 14.6 Å². The van der Waals surface area contributed by atoms with Gasteiger partial charge in [-0.25, -0.2) is 4.98 Å². The maximum absolute atomic E-state index is 11.1. The lowest BCUT2D eigenvalue weighted by Gasteiger charge is -2.05. The summed E-state index contributed by atoms with van der Waals surface area (Å²) in [6.07, 6.45) is 2.88. The number of carboxylic acid groups (broad SMARTS) is 1. The second-order valence-corrected chi connectivity index (χ2v) is 3.78. The summed E-state index contributed by atoms with van der Waals surface area (Å²) >= 11 is 3.00. The smallest absolute Gasteiger partial charge is 0.306 e. The fraction of sp³-hybridized carbons (Fsp3) is 0.375. The first-order valence-electron chi connectivity index (χ1n) is 3.97. The summed E-state index contributed by atoms with van der Waals surface area (Å²) in [5, 5.41) is 19.7. The van der Waals surface area contributed by atoms with Crippen LogP contribution in [0.1, 0.15) is 12.6 Å². The Bertz CT molecular complexity index is 356. The molecule has 5 nitrogen and oxygen atoms in total. The van der Waals surface area contributed by atoms with Crippen LogP contribution in [0.5, 0.6) is 0 Å². The van der Waals surface area contributed by atoms with Gasteiger partial charge >= 0.3 is 5.97 Å². The average Bonchev–Trinajstić information content (AvgIpc) is 2.11. The zero-order chi connectivity index (χ0) is 10.7. The molecule has 1 rings (SSSR count). The summed E-state index contributed by atoms with van der Waals surface area (Å²) in [6.45, 7) is 1.57. The molecule has 1 unspecified atom stereocenters. The van der Waals surface area contributed by atoms with Crippen molar-refractivity contribution in [1.82, 2.24) is 4.98 Å². The minimum absolute atomic E-state index is 0.255. The fourth-order valence-corrected chi connectivity index (χ4v) is 1.13. The van der Waals surface area contributed by atoms with E-state index in [1.165, 1.54) is 12.4 Å². The maximum atomic E-state index is 11.1. The van der Waals surface area contributed by atoms with Crippen molar-refractivity contribution >= 4 is 21.9 Å². The van der Waals surface area contributed by atoms with Crippen LogP contribution in [0.15, 0.2) is 17.0 Å². The molecule has 0 spiro atoms. The maximum Gasteiger partial charge on any atom is 0.306 e. The number of rotatable bonds is 3. The number of carboxylic acids is 1. The molecule has 1 N–H and O–H groups in total. The third-order valence-electron chi connectivity index (χ3n) is 1.75. The molecule has 6 heteroatoms. The zero-order valence-electron chi connectivity index (χ0n) is 7.48. The molecule has 0 radical (unpaired) electrons. The second-order valence-electron chi connectivity index (χ2n) is 2.97. The molecule has 0 bridgehead atoms. The summed E-state index contributed by atoms with van der Waals surface area (Å²) in [7, 11) is 0. The highest BCUT2D eigenvalue weighted by Gasteiger charge is 2.14. The van der Waals surface area contributed by atoms with E-state index in [-0.39, 0.29) is 6.42 Å². The molecule has 1 aromatic heterocycles. The van der Waals surface area contributed by atoms with E-state index >= 15 is 0 Å². The number of aromatic nitrogens is 2. The molecule has 1 heterocycles. The van der Waals surface area contributed by atoms with Gasteiger partial charge in [-0.05, 0) is 0 Å². The first-order chi connectivity index (χ1) is 6.50. The summed E-state index contributed by atoms with van der Waals surface area (Å²) in [6, 6.07) is 0. The van der Waals surface area contributed by atoms with Crippen LogP contribution in [0.25, 0.3) is 0 Å². The summed E-state index contributed by atoms with van der Waals surface area (Å²) in [4.78, 5) is 14.5. The number of nitrogens with zero attached hydrogens (tertiary/aromatic N) is 2. The van der Waals surface area contributed by atoms with Crippen molar-refractivity contribution in [3.8, 4) is 0 Å². The molecule has 0 saturated carbocycles. The number of carbonyl (C=O) groups is 1. The van der Waals surface area contributed by atoms with E-state index in [9.17, 15) is 10.0 Å². The van der Waals surface area contributed by atoms with E-state index in [2.05, 4.69) is 20.9 Å². The van der Waals surface area contributed by atoms with Crippen LogP contribution in [0, 0.1) is 11.1 Å². The van der Waals surface area contributed by atoms with Gasteiger partial charge in [0.2, 0.25) is 6.20 Å². The summed E-state index contributed by atoms with van der Waals surface area (Å²) in [5.41, 5.74) is 0.470. The molecule has 0 aliphatic carbocycles. The highest BCUT2D eigenvalue weighted by atomic mass is 79.9. The minimum Gasteiger partial charge on any atom is -0.618 e. The molecule has 0 amide bonds. The molecule has 0 aliphatic rings. The molecule has 0 aromatic carbocycles. The SMILES string of the molecule is CC(Cc1c[n+]([O-])c(Br)cn1)C(=O)O. The largest absolute Gasteiger partial charge is 0.618 e. The van der Waals surface area contributed by atoms with Crippen LogP contribution in [0.3, 0.4) is 0 Å². The zero-order valence-corrected chi connectivity index (χ0v) is 9.06. The Morgan fingerprint density at radius 3 is 3.00 bits per heavy atom. The van der Waals surface area contributed by atoms with E-state index in [4.69, 9.17) is 5.11 Å². The predicted octanol–water partition coefficient (Wildman–Crippen LogP) is 0.741. The topological polar surface area (TPSA) is 77.1 Å². The van der Waals surface area contributed by atoms with Crippen LogP contribution in [0.4, 0.5) is 0 Å². The highest BCUT2D eigenvalue weighted by Crippen LogP contribution is 2.06. The van der Waals surface area contributed by atoms with Crippen LogP contribution in [-0.2, 0) is 11.2 Å². The van der Waals surface area contributed by atoms with Crippen LogP contribution < -0.4 is 4.73 Å². The first-order valence-corrected chi connectivity index (χ1v) is 4.76. The molecule has 0 aliphatic heterocycles. The van der Waals surface area contributed by atoms with Gasteiger partial charge < -0.3 is 10.3 Å². The molecular formula is C8H9BrN2O3. The predicted molar refractivity (Wildman–Crippen MR) is 51.4 cm³/mol. The Kier molecular flexibility index (Phi) is 3.40. The Balaban J connectivity index is 2.78. The summed E-state index contributed by atoms with van der Waals surface area (Å²) < 4.78 is 0.918. The van der Waals surface area contributed by atoms with Gasteiger partial charge in [0.1, 0.15) is 11.9 Å². The lowest BCUT2D eigenvalue weighted by atomic mass is 10.1. The molecule has 76 valence electrons. The second kappa shape index (κ2) is 4.36.